The minimum atomic E-state index is -0.151. The molecule has 5 nitrogen and oxygen atoms in total. The molecule has 4 rings (SSSR count). The molecule has 30 heavy (non-hydrogen) atoms. The van der Waals surface area contributed by atoms with Gasteiger partial charge in [-0.2, -0.15) is 0 Å². The van der Waals surface area contributed by atoms with Gasteiger partial charge in [-0.3, -0.25) is 14.7 Å². The number of anilines is 1. The van der Waals surface area contributed by atoms with E-state index >= 15 is 0 Å². The fourth-order valence-electron chi connectivity index (χ4n) is 3.01. The van der Waals surface area contributed by atoms with Crippen molar-refractivity contribution in [2.45, 2.75) is 13.5 Å². The highest BCUT2D eigenvalue weighted by atomic mass is 32.1. The first-order chi connectivity index (χ1) is 14.7. The normalized spacial score (nSPS) is 11.1. The molecule has 1 amide bonds. The van der Waals surface area contributed by atoms with E-state index in [2.05, 4.69) is 4.98 Å². The van der Waals surface area contributed by atoms with Gasteiger partial charge in [-0.15, -0.1) is 0 Å². The van der Waals surface area contributed by atoms with Gasteiger partial charge in [0, 0.05) is 12.3 Å². The third-order valence-corrected chi connectivity index (χ3v) is 5.48. The van der Waals surface area contributed by atoms with Crippen molar-refractivity contribution >= 4 is 38.7 Å². The Bertz CT molecular complexity index is 1160. The second-order valence-electron chi connectivity index (χ2n) is 6.52. The van der Waals surface area contributed by atoms with Crippen molar-refractivity contribution in [1.29, 1.82) is 0 Å². The van der Waals surface area contributed by atoms with Crippen LogP contribution < -0.4 is 9.64 Å². The maximum absolute atomic E-state index is 13.2. The van der Waals surface area contributed by atoms with E-state index in [1.807, 2.05) is 79.7 Å². The lowest BCUT2D eigenvalue weighted by atomic mass is 10.2. The molecule has 0 N–H and O–H groups in total. The molecule has 6 heteroatoms. The Kier molecular flexibility index (Phi) is 6.15. The maximum Gasteiger partial charge on any atom is 0.253 e. The molecule has 0 fully saturated rings. The van der Waals surface area contributed by atoms with Gasteiger partial charge in [0.1, 0.15) is 11.3 Å². The summed E-state index contributed by atoms with van der Waals surface area (Å²) >= 11 is 1.47. The van der Waals surface area contributed by atoms with Crippen molar-refractivity contribution < 1.29 is 9.53 Å². The number of nitrogens with zero attached hydrogens (tertiary/aromatic N) is 3. The van der Waals surface area contributed by atoms with Crippen molar-refractivity contribution in [3.63, 3.8) is 0 Å². The van der Waals surface area contributed by atoms with E-state index in [0.29, 0.717) is 18.3 Å². The van der Waals surface area contributed by atoms with Gasteiger partial charge in [-0.1, -0.05) is 53.8 Å². The molecule has 2 heterocycles. The van der Waals surface area contributed by atoms with Crippen LogP contribution in [0.1, 0.15) is 18.2 Å². The number of fused-ring (bicyclic) bond motifs is 1. The zero-order valence-electron chi connectivity index (χ0n) is 16.6. The fourth-order valence-corrected chi connectivity index (χ4v) is 4.00. The fraction of sp³-hybridized carbons (Fsp3) is 0.125. The van der Waals surface area contributed by atoms with Gasteiger partial charge < -0.3 is 4.74 Å². The predicted molar refractivity (Wildman–Crippen MR) is 122 cm³/mol. The summed E-state index contributed by atoms with van der Waals surface area (Å²) in [5.41, 5.74) is 2.53. The maximum atomic E-state index is 13.2. The second kappa shape index (κ2) is 9.33. The Morgan fingerprint density at radius 3 is 2.67 bits per heavy atom. The number of thiazole rings is 1. The largest absolute Gasteiger partial charge is 0.492 e. The monoisotopic (exact) mass is 415 g/mol. The number of hydrogen-bond donors (Lipinski definition) is 0. The molecule has 0 aliphatic carbocycles. The summed E-state index contributed by atoms with van der Waals surface area (Å²) in [5.74, 6) is 0.573. The third kappa shape index (κ3) is 4.55. The van der Waals surface area contributed by atoms with Crippen LogP contribution in [-0.2, 0) is 11.3 Å². The zero-order chi connectivity index (χ0) is 20.8. The summed E-state index contributed by atoms with van der Waals surface area (Å²) in [7, 11) is 0. The van der Waals surface area contributed by atoms with Crippen LogP contribution in [-0.4, -0.2) is 22.5 Å². The van der Waals surface area contributed by atoms with Gasteiger partial charge in [0.15, 0.2) is 5.13 Å². The number of carbonyl (C=O) groups is 1. The lowest BCUT2D eigenvalue weighted by Gasteiger charge is -2.17. The van der Waals surface area contributed by atoms with Gasteiger partial charge in [-0.05, 0) is 42.8 Å². The number of carbonyl (C=O) groups excluding carboxylic acids is 1. The number of aromatic nitrogens is 2. The van der Waals surface area contributed by atoms with E-state index in [1.165, 1.54) is 11.3 Å². The van der Waals surface area contributed by atoms with Crippen LogP contribution in [0.3, 0.4) is 0 Å². The Labute approximate surface area is 179 Å². The summed E-state index contributed by atoms with van der Waals surface area (Å²) in [4.78, 5) is 23.9. The smallest absolute Gasteiger partial charge is 0.253 e. The molecule has 2 aromatic carbocycles. The van der Waals surface area contributed by atoms with Gasteiger partial charge in [0.05, 0.1) is 23.5 Å². The highest BCUT2D eigenvalue weighted by molar-refractivity contribution is 7.22. The first kappa shape index (κ1) is 19.8. The Balaban J connectivity index is 1.70. The van der Waals surface area contributed by atoms with E-state index < -0.39 is 0 Å². The van der Waals surface area contributed by atoms with Crippen molar-refractivity contribution in [3.8, 4) is 5.75 Å². The van der Waals surface area contributed by atoms with Crippen LogP contribution in [0.15, 0.2) is 79.0 Å². The molecule has 0 unspecified atom stereocenters. The highest BCUT2D eigenvalue weighted by Gasteiger charge is 2.20. The highest BCUT2D eigenvalue weighted by Crippen LogP contribution is 2.35. The van der Waals surface area contributed by atoms with Crippen molar-refractivity contribution in [2.24, 2.45) is 0 Å². The number of rotatable bonds is 7. The summed E-state index contributed by atoms with van der Waals surface area (Å²) in [6, 6.07) is 21.2. The van der Waals surface area contributed by atoms with Crippen LogP contribution in [0.5, 0.6) is 5.75 Å². The minimum absolute atomic E-state index is 0.151. The molecule has 0 bridgehead atoms. The number of pyridine rings is 1. The second-order valence-corrected chi connectivity index (χ2v) is 7.53. The van der Waals surface area contributed by atoms with Crippen LogP contribution in [0.2, 0.25) is 0 Å². The van der Waals surface area contributed by atoms with Crippen molar-refractivity contribution in [2.75, 3.05) is 11.5 Å². The topological polar surface area (TPSA) is 55.3 Å². The van der Waals surface area contributed by atoms with Crippen molar-refractivity contribution in [1.82, 2.24) is 9.97 Å². The van der Waals surface area contributed by atoms with Crippen molar-refractivity contribution in [3.05, 3.63) is 90.3 Å². The number of ether oxygens (including phenoxy) is 1. The quantitative estimate of drug-likeness (QED) is 0.383. The molecular weight excluding hydrogens is 394 g/mol. The van der Waals surface area contributed by atoms with Crippen LogP contribution >= 0.6 is 11.3 Å². The van der Waals surface area contributed by atoms with E-state index in [4.69, 9.17) is 9.72 Å². The first-order valence-electron chi connectivity index (χ1n) is 9.71. The molecule has 2 aromatic heterocycles. The SMILES string of the molecule is CCOc1cccc2sc(N(Cc3ccccn3)C(=O)/C=C/c3ccccc3)nc12. The molecule has 0 atom stereocenters. The van der Waals surface area contributed by atoms with E-state index in [0.717, 1.165) is 27.2 Å². The molecule has 0 spiro atoms. The van der Waals surface area contributed by atoms with Crippen LogP contribution in [0.25, 0.3) is 16.3 Å². The van der Waals surface area contributed by atoms with Gasteiger partial charge in [0.25, 0.3) is 5.91 Å². The number of amides is 1. The number of hydrogen-bond acceptors (Lipinski definition) is 5. The standard InChI is InChI=1S/C24H21N3O2S/c1-2-29-20-12-8-13-21-23(20)26-24(30-21)27(17-19-11-6-7-16-25-19)22(28)15-14-18-9-4-3-5-10-18/h3-16H,2,17H2,1H3/b15-14+. The summed E-state index contributed by atoms with van der Waals surface area (Å²) in [6.45, 7) is 2.84. The van der Waals surface area contributed by atoms with Gasteiger partial charge in [-0.25, -0.2) is 4.98 Å². The average Bonchev–Trinajstić information content (AvgIpc) is 3.22. The number of benzene rings is 2. The zero-order valence-corrected chi connectivity index (χ0v) is 17.4. The summed E-state index contributed by atoms with van der Waals surface area (Å²) in [6.07, 6.45) is 5.11. The average molecular weight is 416 g/mol. The van der Waals surface area contributed by atoms with Crippen LogP contribution in [0.4, 0.5) is 5.13 Å². The molecular formula is C24H21N3O2S. The molecule has 4 aromatic rings. The Hall–Kier alpha value is -3.51. The molecule has 0 saturated heterocycles. The van der Waals surface area contributed by atoms with Gasteiger partial charge >= 0.3 is 0 Å². The summed E-state index contributed by atoms with van der Waals surface area (Å²) in [5, 5.41) is 0.616. The molecule has 0 aliphatic heterocycles. The lowest BCUT2D eigenvalue weighted by Crippen LogP contribution is -2.29. The number of para-hydroxylation sites is 1. The predicted octanol–water partition coefficient (Wildman–Crippen LogP) is 5.34. The van der Waals surface area contributed by atoms with E-state index in [9.17, 15) is 4.79 Å². The minimum Gasteiger partial charge on any atom is -0.492 e. The summed E-state index contributed by atoms with van der Waals surface area (Å²) < 4.78 is 6.68. The lowest BCUT2D eigenvalue weighted by molar-refractivity contribution is -0.114. The Morgan fingerprint density at radius 1 is 1.07 bits per heavy atom. The molecule has 150 valence electrons. The third-order valence-electron chi connectivity index (χ3n) is 4.43. The molecule has 0 aliphatic rings. The van der Waals surface area contributed by atoms with E-state index in [-0.39, 0.29) is 5.91 Å². The molecule has 0 radical (unpaired) electrons. The first-order valence-corrected chi connectivity index (χ1v) is 10.5. The Morgan fingerprint density at radius 2 is 1.90 bits per heavy atom. The van der Waals surface area contributed by atoms with E-state index in [1.54, 1.807) is 17.2 Å². The van der Waals surface area contributed by atoms with Gasteiger partial charge in [0.2, 0.25) is 0 Å². The van der Waals surface area contributed by atoms with Crippen LogP contribution in [0, 0.1) is 0 Å². The molecule has 0 saturated carbocycles.